The molecule has 170 valence electrons. The number of fused-ring (bicyclic) bond motifs is 3. The zero-order chi connectivity index (χ0) is 23.1. The van der Waals surface area contributed by atoms with Crippen LogP contribution in [-0.4, -0.2) is 65.4 Å². The fourth-order valence-electron chi connectivity index (χ4n) is 3.94. The standard InChI is InChI=1S/C24H28N2O6/c1-2-26(12-11-23(29)30)22(28)13-16(27)14-25-24(31)32-15-21-19-9-5-3-7-17(19)18-8-4-6-10-20(18)21/h3-10,16,21,27H,2,11-15H2,1H3,(H,25,31)(H,29,30). The average Bonchev–Trinajstić information content (AvgIpc) is 3.10. The van der Waals surface area contributed by atoms with Gasteiger partial charge in [0.1, 0.15) is 6.61 Å². The number of aliphatic hydroxyl groups is 1. The number of carbonyl (C=O) groups is 3. The van der Waals surface area contributed by atoms with Crippen LogP contribution < -0.4 is 5.32 Å². The molecule has 2 aromatic carbocycles. The van der Waals surface area contributed by atoms with E-state index in [0.717, 1.165) is 22.3 Å². The Morgan fingerprint density at radius 3 is 2.22 bits per heavy atom. The molecule has 1 aliphatic rings. The molecule has 3 rings (SSSR count). The van der Waals surface area contributed by atoms with Crippen molar-refractivity contribution in [3.8, 4) is 11.1 Å². The van der Waals surface area contributed by atoms with Crippen LogP contribution in [0.5, 0.6) is 0 Å². The van der Waals surface area contributed by atoms with Crippen LogP contribution in [0.2, 0.25) is 0 Å². The molecule has 3 N–H and O–H groups in total. The van der Waals surface area contributed by atoms with Gasteiger partial charge >= 0.3 is 12.1 Å². The summed E-state index contributed by atoms with van der Waals surface area (Å²) in [4.78, 5) is 36.4. The number of carboxylic acids is 1. The van der Waals surface area contributed by atoms with Gasteiger partial charge in [0.05, 0.1) is 18.9 Å². The van der Waals surface area contributed by atoms with Crippen LogP contribution in [0.3, 0.4) is 0 Å². The SMILES string of the molecule is CCN(CCC(=O)O)C(=O)CC(O)CNC(=O)OCC1c2ccccc2-c2ccccc21. The van der Waals surface area contributed by atoms with E-state index < -0.39 is 18.2 Å². The normalized spacial score (nSPS) is 13.1. The predicted octanol–water partition coefficient (Wildman–Crippen LogP) is 2.60. The fraction of sp³-hybridized carbons (Fsp3) is 0.375. The van der Waals surface area contributed by atoms with Crippen molar-refractivity contribution in [2.24, 2.45) is 0 Å². The minimum absolute atomic E-state index is 0.0630. The molecule has 0 saturated heterocycles. The third-order valence-corrected chi connectivity index (χ3v) is 5.57. The van der Waals surface area contributed by atoms with Gasteiger partial charge in [-0.25, -0.2) is 4.79 Å². The van der Waals surface area contributed by atoms with Gasteiger partial charge in [0, 0.05) is 25.6 Å². The van der Waals surface area contributed by atoms with Crippen molar-refractivity contribution < 1.29 is 29.3 Å². The summed E-state index contributed by atoms with van der Waals surface area (Å²) in [7, 11) is 0. The molecule has 0 spiro atoms. The smallest absolute Gasteiger partial charge is 0.407 e. The Morgan fingerprint density at radius 1 is 1.06 bits per heavy atom. The Bertz CT molecular complexity index is 931. The van der Waals surface area contributed by atoms with Gasteiger partial charge in [-0.2, -0.15) is 0 Å². The Morgan fingerprint density at radius 2 is 1.66 bits per heavy atom. The molecule has 0 aromatic heterocycles. The molecule has 1 atom stereocenters. The number of carboxylic acid groups (broad SMARTS) is 1. The zero-order valence-corrected chi connectivity index (χ0v) is 18.0. The second-order valence-corrected chi connectivity index (χ2v) is 7.68. The van der Waals surface area contributed by atoms with Gasteiger partial charge < -0.3 is 25.2 Å². The number of benzene rings is 2. The van der Waals surface area contributed by atoms with Crippen LogP contribution in [0, 0.1) is 0 Å². The third kappa shape index (κ3) is 5.64. The summed E-state index contributed by atoms with van der Waals surface area (Å²) in [6.07, 6.45) is -2.14. The lowest BCUT2D eigenvalue weighted by molar-refractivity contribution is -0.138. The lowest BCUT2D eigenvalue weighted by Crippen LogP contribution is -2.39. The molecule has 0 saturated carbocycles. The summed E-state index contributed by atoms with van der Waals surface area (Å²) < 4.78 is 5.41. The number of amides is 2. The quantitative estimate of drug-likeness (QED) is 0.523. The Hall–Kier alpha value is -3.39. The van der Waals surface area contributed by atoms with Gasteiger partial charge in [-0.3, -0.25) is 9.59 Å². The predicted molar refractivity (Wildman–Crippen MR) is 118 cm³/mol. The molecule has 2 aromatic rings. The van der Waals surface area contributed by atoms with E-state index in [2.05, 4.69) is 17.4 Å². The first-order valence-electron chi connectivity index (χ1n) is 10.7. The van der Waals surface area contributed by atoms with Crippen LogP contribution >= 0.6 is 0 Å². The van der Waals surface area contributed by atoms with Gasteiger partial charge in [-0.15, -0.1) is 0 Å². The summed E-state index contributed by atoms with van der Waals surface area (Å²) in [5, 5.41) is 21.3. The topological polar surface area (TPSA) is 116 Å². The van der Waals surface area contributed by atoms with Crippen LogP contribution in [-0.2, 0) is 14.3 Å². The van der Waals surface area contributed by atoms with Gasteiger partial charge in [-0.1, -0.05) is 48.5 Å². The minimum Gasteiger partial charge on any atom is -0.481 e. The number of hydrogen-bond donors (Lipinski definition) is 3. The number of ether oxygens (including phenoxy) is 1. The Balaban J connectivity index is 1.47. The van der Waals surface area contributed by atoms with E-state index >= 15 is 0 Å². The van der Waals surface area contributed by atoms with Crippen molar-refractivity contribution in [1.82, 2.24) is 10.2 Å². The highest BCUT2D eigenvalue weighted by molar-refractivity contribution is 5.79. The highest BCUT2D eigenvalue weighted by Crippen LogP contribution is 2.44. The van der Waals surface area contributed by atoms with E-state index in [4.69, 9.17) is 9.84 Å². The van der Waals surface area contributed by atoms with Gasteiger partial charge in [0.2, 0.25) is 5.91 Å². The fourth-order valence-corrected chi connectivity index (χ4v) is 3.94. The van der Waals surface area contributed by atoms with Crippen molar-refractivity contribution in [3.63, 3.8) is 0 Å². The molecule has 0 fully saturated rings. The molecule has 0 bridgehead atoms. The summed E-state index contributed by atoms with van der Waals surface area (Å²) in [5.74, 6) is -1.42. The molecule has 1 aliphatic carbocycles. The number of aliphatic hydroxyl groups excluding tert-OH is 1. The highest BCUT2D eigenvalue weighted by atomic mass is 16.5. The van der Waals surface area contributed by atoms with Gasteiger partial charge in [0.25, 0.3) is 0 Å². The summed E-state index contributed by atoms with van der Waals surface area (Å²) in [6, 6.07) is 16.0. The maximum Gasteiger partial charge on any atom is 0.407 e. The number of alkyl carbamates (subject to hydrolysis) is 1. The molecule has 1 unspecified atom stereocenters. The average molecular weight is 440 g/mol. The molecule has 8 heteroatoms. The number of nitrogens with zero attached hydrogens (tertiary/aromatic N) is 1. The molecular formula is C24H28N2O6. The summed E-state index contributed by atoms with van der Waals surface area (Å²) in [6.45, 7) is 2.18. The second kappa shape index (κ2) is 10.8. The summed E-state index contributed by atoms with van der Waals surface area (Å²) in [5.41, 5.74) is 4.48. The maximum atomic E-state index is 12.2. The second-order valence-electron chi connectivity index (χ2n) is 7.68. The lowest BCUT2D eigenvalue weighted by Gasteiger charge is -2.21. The van der Waals surface area contributed by atoms with Gasteiger partial charge in [-0.05, 0) is 29.2 Å². The van der Waals surface area contributed by atoms with Crippen molar-refractivity contribution in [1.29, 1.82) is 0 Å². The van der Waals surface area contributed by atoms with E-state index in [-0.39, 0.29) is 44.4 Å². The van der Waals surface area contributed by atoms with Gasteiger partial charge in [0.15, 0.2) is 0 Å². The minimum atomic E-state index is -1.10. The lowest BCUT2D eigenvalue weighted by atomic mass is 9.98. The number of carbonyl (C=O) groups excluding carboxylic acids is 2. The highest BCUT2D eigenvalue weighted by Gasteiger charge is 2.29. The number of aliphatic carboxylic acids is 1. The van der Waals surface area contributed by atoms with Crippen molar-refractivity contribution in [2.75, 3.05) is 26.2 Å². The Labute approximate surface area is 186 Å². The number of rotatable bonds is 10. The first-order valence-corrected chi connectivity index (χ1v) is 10.7. The van der Waals surface area contributed by atoms with Crippen LogP contribution in [0.25, 0.3) is 11.1 Å². The third-order valence-electron chi connectivity index (χ3n) is 5.57. The van der Waals surface area contributed by atoms with E-state index in [9.17, 15) is 19.5 Å². The zero-order valence-electron chi connectivity index (χ0n) is 18.0. The first-order chi connectivity index (χ1) is 15.4. The molecule has 2 amide bonds. The van der Waals surface area contributed by atoms with E-state index in [1.807, 2.05) is 36.4 Å². The molecule has 8 nitrogen and oxygen atoms in total. The maximum absolute atomic E-state index is 12.2. The van der Waals surface area contributed by atoms with Crippen molar-refractivity contribution >= 4 is 18.0 Å². The van der Waals surface area contributed by atoms with Crippen LogP contribution in [0.15, 0.2) is 48.5 Å². The summed E-state index contributed by atoms with van der Waals surface area (Å²) >= 11 is 0. The molecule has 0 aliphatic heterocycles. The van der Waals surface area contributed by atoms with E-state index in [0.29, 0.717) is 6.54 Å². The molecular weight excluding hydrogens is 412 g/mol. The first kappa shape index (κ1) is 23.3. The largest absolute Gasteiger partial charge is 0.481 e. The molecule has 0 radical (unpaired) electrons. The van der Waals surface area contributed by atoms with E-state index in [1.54, 1.807) is 6.92 Å². The van der Waals surface area contributed by atoms with Crippen LogP contribution in [0.4, 0.5) is 4.79 Å². The Kier molecular flexibility index (Phi) is 7.83. The monoisotopic (exact) mass is 440 g/mol. The van der Waals surface area contributed by atoms with E-state index in [1.165, 1.54) is 4.90 Å². The molecule has 32 heavy (non-hydrogen) atoms. The van der Waals surface area contributed by atoms with Crippen LogP contribution in [0.1, 0.15) is 36.8 Å². The van der Waals surface area contributed by atoms with Crippen molar-refractivity contribution in [3.05, 3.63) is 59.7 Å². The molecule has 0 heterocycles. The number of nitrogens with one attached hydrogen (secondary N) is 1. The van der Waals surface area contributed by atoms with Crippen molar-refractivity contribution in [2.45, 2.75) is 31.8 Å². The number of hydrogen-bond acceptors (Lipinski definition) is 5.